The summed E-state index contributed by atoms with van der Waals surface area (Å²) in [5, 5.41) is 0.765. The molecule has 0 unspecified atom stereocenters. The van der Waals surface area contributed by atoms with Crippen molar-refractivity contribution in [2.24, 2.45) is 5.92 Å². The molecule has 0 bridgehead atoms. The summed E-state index contributed by atoms with van der Waals surface area (Å²) in [6, 6.07) is 16.5. The fourth-order valence-corrected chi connectivity index (χ4v) is 4.67. The van der Waals surface area contributed by atoms with E-state index in [1.165, 1.54) is 5.56 Å². The second-order valence-electron chi connectivity index (χ2n) is 8.45. The van der Waals surface area contributed by atoms with Crippen LogP contribution in [0.25, 0.3) is 11.1 Å². The molecule has 2 fully saturated rings. The first kappa shape index (κ1) is 20.3. The van der Waals surface area contributed by atoms with E-state index < -0.39 is 0 Å². The molecule has 1 amide bonds. The Labute approximate surface area is 187 Å². The van der Waals surface area contributed by atoms with Crippen molar-refractivity contribution >= 4 is 34.6 Å². The van der Waals surface area contributed by atoms with Gasteiger partial charge in [-0.15, -0.1) is 0 Å². The normalized spacial score (nSPS) is 18.6. The van der Waals surface area contributed by atoms with Gasteiger partial charge in [0.2, 0.25) is 5.91 Å². The number of halogens is 1. The van der Waals surface area contributed by atoms with Crippen molar-refractivity contribution in [3.05, 3.63) is 59.1 Å². The molecule has 0 N–H and O–H groups in total. The number of hydrogen-bond donors (Lipinski definition) is 0. The van der Waals surface area contributed by atoms with Crippen molar-refractivity contribution < 1.29 is 9.21 Å². The minimum Gasteiger partial charge on any atom is -0.423 e. The van der Waals surface area contributed by atoms with Crippen LogP contribution in [0.15, 0.2) is 52.9 Å². The minimum absolute atomic E-state index is 0.100. The second kappa shape index (κ2) is 8.89. The molecule has 2 aliphatic heterocycles. The number of carbonyl (C=O) groups is 1. The smallest absolute Gasteiger partial charge is 0.298 e. The highest BCUT2D eigenvalue weighted by Gasteiger charge is 2.31. The third kappa shape index (κ3) is 4.55. The molecule has 162 valence electrons. The summed E-state index contributed by atoms with van der Waals surface area (Å²) < 4.78 is 5.89. The molecule has 0 spiro atoms. The monoisotopic (exact) mass is 438 g/mol. The number of fused-ring (bicyclic) bond motifs is 1. The number of anilines is 1. The van der Waals surface area contributed by atoms with Crippen molar-refractivity contribution in [3.63, 3.8) is 0 Å². The van der Waals surface area contributed by atoms with E-state index in [9.17, 15) is 4.79 Å². The van der Waals surface area contributed by atoms with E-state index in [2.05, 4.69) is 31.8 Å². The minimum atomic E-state index is 0.100. The van der Waals surface area contributed by atoms with Crippen LogP contribution in [0.5, 0.6) is 0 Å². The number of piperazine rings is 1. The van der Waals surface area contributed by atoms with E-state index in [4.69, 9.17) is 16.0 Å². The van der Waals surface area contributed by atoms with Crippen LogP contribution in [0.2, 0.25) is 5.02 Å². The van der Waals surface area contributed by atoms with Gasteiger partial charge in [0.1, 0.15) is 5.52 Å². The predicted octanol–water partition coefficient (Wildman–Crippen LogP) is 4.04. The van der Waals surface area contributed by atoms with Crippen molar-refractivity contribution in [3.8, 4) is 0 Å². The molecule has 2 aliphatic rings. The Hall–Kier alpha value is -2.57. The third-order valence-electron chi connectivity index (χ3n) is 6.40. The Morgan fingerprint density at radius 1 is 0.968 bits per heavy atom. The molecule has 6 nitrogen and oxygen atoms in total. The number of nitrogens with zero attached hydrogens (tertiary/aromatic N) is 4. The Bertz CT molecular complexity index is 1000. The molecule has 0 atom stereocenters. The van der Waals surface area contributed by atoms with Gasteiger partial charge in [-0.3, -0.25) is 9.69 Å². The molecular weight excluding hydrogens is 412 g/mol. The molecule has 5 rings (SSSR count). The van der Waals surface area contributed by atoms with Crippen LogP contribution in [-0.2, 0) is 11.3 Å². The van der Waals surface area contributed by atoms with Gasteiger partial charge in [0.25, 0.3) is 6.01 Å². The average Bonchev–Trinajstić information content (AvgIpc) is 3.25. The highest BCUT2D eigenvalue weighted by Crippen LogP contribution is 2.27. The van der Waals surface area contributed by atoms with Crippen molar-refractivity contribution in [2.75, 3.05) is 44.2 Å². The maximum Gasteiger partial charge on any atom is 0.298 e. The maximum atomic E-state index is 13.1. The fraction of sp³-hybridized carbons (Fsp3) is 0.417. The largest absolute Gasteiger partial charge is 0.423 e. The van der Waals surface area contributed by atoms with Crippen LogP contribution in [0, 0.1) is 5.92 Å². The summed E-state index contributed by atoms with van der Waals surface area (Å²) in [5.41, 5.74) is 2.95. The number of aromatic nitrogens is 1. The van der Waals surface area contributed by atoms with Crippen molar-refractivity contribution in [1.82, 2.24) is 14.8 Å². The second-order valence-corrected chi connectivity index (χ2v) is 8.89. The number of rotatable bonds is 4. The van der Waals surface area contributed by atoms with Gasteiger partial charge in [-0.05, 0) is 42.7 Å². The van der Waals surface area contributed by atoms with Crippen molar-refractivity contribution in [1.29, 1.82) is 0 Å². The van der Waals surface area contributed by atoms with E-state index >= 15 is 0 Å². The van der Waals surface area contributed by atoms with Gasteiger partial charge in [0.05, 0.1) is 0 Å². The molecule has 31 heavy (non-hydrogen) atoms. The molecule has 1 aromatic heterocycles. The Morgan fingerprint density at radius 2 is 1.68 bits per heavy atom. The Morgan fingerprint density at radius 3 is 2.39 bits per heavy atom. The molecule has 0 saturated carbocycles. The van der Waals surface area contributed by atoms with E-state index in [0.717, 1.165) is 74.8 Å². The zero-order valence-electron chi connectivity index (χ0n) is 17.5. The number of benzene rings is 2. The van der Waals surface area contributed by atoms with E-state index in [-0.39, 0.29) is 5.92 Å². The first-order valence-electron chi connectivity index (χ1n) is 11.0. The summed E-state index contributed by atoms with van der Waals surface area (Å²) in [5.74, 6) is 0.409. The topological polar surface area (TPSA) is 52.8 Å². The van der Waals surface area contributed by atoms with E-state index in [1.54, 1.807) is 0 Å². The predicted molar refractivity (Wildman–Crippen MR) is 122 cm³/mol. The Kier molecular flexibility index (Phi) is 5.83. The van der Waals surface area contributed by atoms with E-state index in [0.29, 0.717) is 11.9 Å². The number of piperidine rings is 1. The zero-order valence-corrected chi connectivity index (χ0v) is 18.3. The van der Waals surface area contributed by atoms with E-state index in [1.807, 2.05) is 36.4 Å². The van der Waals surface area contributed by atoms with Gasteiger partial charge in [-0.2, -0.15) is 4.98 Å². The fourth-order valence-electron chi connectivity index (χ4n) is 4.55. The van der Waals surface area contributed by atoms with Gasteiger partial charge in [-0.1, -0.05) is 35.9 Å². The third-order valence-corrected chi connectivity index (χ3v) is 6.65. The molecule has 2 aromatic carbocycles. The summed E-state index contributed by atoms with van der Waals surface area (Å²) in [6.45, 7) is 5.95. The lowest BCUT2D eigenvalue weighted by Crippen LogP contribution is -2.51. The number of para-hydroxylation sites is 2. The molecular formula is C24H27ClN4O2. The summed E-state index contributed by atoms with van der Waals surface area (Å²) in [4.78, 5) is 24.3. The quantitative estimate of drug-likeness (QED) is 0.615. The highest BCUT2D eigenvalue weighted by molar-refractivity contribution is 6.30. The van der Waals surface area contributed by atoms with Gasteiger partial charge in [0, 0.05) is 56.8 Å². The summed E-state index contributed by atoms with van der Waals surface area (Å²) in [7, 11) is 0. The van der Waals surface area contributed by atoms with Crippen LogP contribution in [0.4, 0.5) is 6.01 Å². The SMILES string of the molecule is O=C(C1CCN(c2nc3ccccc3o2)CC1)N1CCN(Cc2ccc(Cl)cc2)CC1. The Balaban J connectivity index is 1.11. The lowest BCUT2D eigenvalue weighted by Gasteiger charge is -2.38. The first-order valence-corrected chi connectivity index (χ1v) is 11.4. The molecule has 0 aliphatic carbocycles. The number of oxazole rings is 1. The molecule has 3 aromatic rings. The van der Waals surface area contributed by atoms with Crippen LogP contribution >= 0.6 is 11.6 Å². The average molecular weight is 439 g/mol. The maximum absolute atomic E-state index is 13.1. The van der Waals surface area contributed by atoms with Crippen LogP contribution in [0.1, 0.15) is 18.4 Å². The van der Waals surface area contributed by atoms with Crippen LogP contribution in [0.3, 0.4) is 0 Å². The molecule has 2 saturated heterocycles. The van der Waals surface area contributed by atoms with Gasteiger partial charge in [-0.25, -0.2) is 0 Å². The lowest BCUT2D eigenvalue weighted by atomic mass is 9.95. The van der Waals surface area contributed by atoms with Gasteiger partial charge in [0.15, 0.2) is 5.58 Å². The van der Waals surface area contributed by atoms with Gasteiger partial charge < -0.3 is 14.2 Å². The number of amides is 1. The standard InChI is InChI=1S/C24H27ClN4O2/c25-20-7-5-18(6-8-20)17-27-13-15-28(16-14-27)23(30)19-9-11-29(12-10-19)24-26-21-3-1-2-4-22(21)31-24/h1-8,19H,9-17H2. The van der Waals surface area contributed by atoms with Crippen LogP contribution in [-0.4, -0.2) is 60.0 Å². The zero-order chi connectivity index (χ0) is 21.2. The molecule has 7 heteroatoms. The first-order chi connectivity index (χ1) is 15.2. The highest BCUT2D eigenvalue weighted by atomic mass is 35.5. The van der Waals surface area contributed by atoms with Crippen molar-refractivity contribution in [2.45, 2.75) is 19.4 Å². The number of carbonyl (C=O) groups excluding carboxylic acids is 1. The number of hydrogen-bond acceptors (Lipinski definition) is 5. The molecule has 0 radical (unpaired) electrons. The van der Waals surface area contributed by atoms with Crippen LogP contribution < -0.4 is 4.90 Å². The molecule has 3 heterocycles. The lowest BCUT2D eigenvalue weighted by molar-refractivity contribution is -0.138. The summed E-state index contributed by atoms with van der Waals surface area (Å²) in [6.07, 6.45) is 1.70. The summed E-state index contributed by atoms with van der Waals surface area (Å²) >= 11 is 5.98. The van der Waals surface area contributed by atoms with Gasteiger partial charge >= 0.3 is 0 Å².